The van der Waals surface area contributed by atoms with Crippen LogP contribution in [0, 0.1) is 0 Å². The summed E-state index contributed by atoms with van der Waals surface area (Å²) in [7, 11) is 0. The number of piperidine rings is 1. The lowest BCUT2D eigenvalue weighted by Crippen LogP contribution is -2.56. The maximum atomic E-state index is 13.8. The molecular weight excluding hydrogens is 548 g/mol. The summed E-state index contributed by atoms with van der Waals surface area (Å²) in [6, 6.07) is 4.64. The van der Waals surface area contributed by atoms with Gasteiger partial charge >= 0.3 is 0 Å². The quantitative estimate of drug-likeness (QED) is 0.375. The van der Waals surface area contributed by atoms with Crippen molar-refractivity contribution in [1.82, 2.24) is 34.3 Å². The number of aliphatic hydroxyl groups is 1. The van der Waals surface area contributed by atoms with E-state index in [4.69, 9.17) is 0 Å². The van der Waals surface area contributed by atoms with Gasteiger partial charge in [0, 0.05) is 50.2 Å². The molecule has 5 rings (SSSR count). The van der Waals surface area contributed by atoms with Crippen LogP contribution in [0.25, 0.3) is 11.3 Å². The van der Waals surface area contributed by atoms with E-state index in [0.717, 1.165) is 17.5 Å². The zero-order chi connectivity index (χ0) is 29.3. The Labute approximate surface area is 232 Å². The molecule has 0 aliphatic carbocycles. The van der Waals surface area contributed by atoms with Crippen molar-refractivity contribution in [2.24, 2.45) is 0 Å². The molecule has 0 radical (unpaired) electrons. The second kappa shape index (κ2) is 11.9. The molecule has 0 unspecified atom stereocenters. The van der Waals surface area contributed by atoms with Crippen LogP contribution in [0.2, 0.25) is 0 Å². The number of halogens is 4. The molecule has 0 spiro atoms. The zero-order valence-electron chi connectivity index (χ0n) is 22.2. The van der Waals surface area contributed by atoms with Gasteiger partial charge in [-0.25, -0.2) is 22.5 Å². The number of amides is 2. The molecule has 2 fully saturated rings. The third kappa shape index (κ3) is 6.40. The number of alkyl halides is 4. The molecule has 15 heteroatoms. The molecule has 0 saturated carbocycles. The molecule has 0 bridgehead atoms. The third-order valence-electron chi connectivity index (χ3n) is 7.37. The van der Waals surface area contributed by atoms with Crippen LogP contribution in [0.4, 0.5) is 23.2 Å². The van der Waals surface area contributed by atoms with E-state index in [9.17, 15) is 32.3 Å². The number of pyridine rings is 1. The summed E-state index contributed by atoms with van der Waals surface area (Å²) in [6.07, 6.45) is -0.876. The molecule has 11 nitrogen and oxygen atoms in total. The van der Waals surface area contributed by atoms with Gasteiger partial charge in [-0.1, -0.05) is 6.07 Å². The SMILES string of the molecule is C[C@H](O)C(=O)N1CCC(N2CC(n3cc(NC(=O)c4cccc(-c5cnn(CC(F)F)c5)n4)c(C(F)F)n3)C2)CC1. The minimum Gasteiger partial charge on any atom is -0.384 e. The first-order valence-corrected chi connectivity index (χ1v) is 13.3. The second-order valence-electron chi connectivity index (χ2n) is 10.3. The number of hydrogen-bond donors (Lipinski definition) is 2. The molecule has 41 heavy (non-hydrogen) atoms. The summed E-state index contributed by atoms with van der Waals surface area (Å²) >= 11 is 0. The normalized spacial score (nSPS) is 17.7. The summed E-state index contributed by atoms with van der Waals surface area (Å²) < 4.78 is 55.4. The van der Waals surface area contributed by atoms with Crippen LogP contribution in [0.1, 0.15) is 48.4 Å². The Hall–Kier alpha value is -3.85. The maximum absolute atomic E-state index is 13.8. The molecule has 2 amide bonds. The molecule has 2 aliphatic rings. The van der Waals surface area contributed by atoms with Gasteiger partial charge in [0.15, 0.2) is 5.69 Å². The van der Waals surface area contributed by atoms with Crippen molar-refractivity contribution in [3.63, 3.8) is 0 Å². The third-order valence-corrected chi connectivity index (χ3v) is 7.37. The number of carbonyl (C=O) groups excluding carboxylic acids is 2. The number of hydrogen-bond acceptors (Lipinski definition) is 7. The number of likely N-dealkylation sites (tertiary alicyclic amines) is 2. The van der Waals surface area contributed by atoms with E-state index in [2.05, 4.69) is 25.4 Å². The molecular formula is C26H30F4N8O3. The van der Waals surface area contributed by atoms with Crippen molar-refractivity contribution < 1.29 is 32.3 Å². The Balaban J connectivity index is 1.21. The summed E-state index contributed by atoms with van der Waals surface area (Å²) in [5, 5.41) is 19.9. The minimum absolute atomic E-state index is 0.0488. The van der Waals surface area contributed by atoms with Gasteiger partial charge in [-0.2, -0.15) is 10.2 Å². The average molecular weight is 579 g/mol. The predicted octanol–water partition coefficient (Wildman–Crippen LogP) is 2.83. The first kappa shape index (κ1) is 28.7. The smallest absolute Gasteiger partial charge is 0.284 e. The first-order valence-electron chi connectivity index (χ1n) is 13.3. The lowest BCUT2D eigenvalue weighted by atomic mass is 9.97. The highest BCUT2D eigenvalue weighted by atomic mass is 19.3. The number of aromatic nitrogens is 5. The van der Waals surface area contributed by atoms with Gasteiger partial charge in [0.2, 0.25) is 0 Å². The minimum atomic E-state index is -2.92. The van der Waals surface area contributed by atoms with Crippen LogP contribution in [-0.2, 0) is 11.3 Å². The van der Waals surface area contributed by atoms with Crippen LogP contribution >= 0.6 is 0 Å². The van der Waals surface area contributed by atoms with Crippen LogP contribution < -0.4 is 5.32 Å². The fourth-order valence-electron chi connectivity index (χ4n) is 5.16. The standard InChI is InChI=1S/C26H30F4N8O3/c1-15(39)26(41)35-7-5-17(6-8-35)36-11-18(12-36)38-13-21(23(34-38)24(29)30)33-25(40)20-4-2-3-19(32-20)16-9-31-37(10-16)14-22(27)28/h2-4,9-10,13,15,17-18,22,24,39H,5-8,11-12,14H2,1H3,(H,33,40)/t15-/m0/s1. The molecule has 5 heterocycles. The molecule has 1 atom stereocenters. The van der Waals surface area contributed by atoms with Gasteiger partial charge in [-0.3, -0.25) is 23.9 Å². The summed E-state index contributed by atoms with van der Waals surface area (Å²) in [5.74, 6) is -1.000. The van der Waals surface area contributed by atoms with Gasteiger partial charge in [0.25, 0.3) is 24.7 Å². The van der Waals surface area contributed by atoms with Crippen LogP contribution in [0.5, 0.6) is 0 Å². The number of nitrogens with zero attached hydrogens (tertiary/aromatic N) is 7. The van der Waals surface area contributed by atoms with E-state index in [-0.39, 0.29) is 29.4 Å². The Kier molecular flexibility index (Phi) is 8.35. The highest BCUT2D eigenvalue weighted by molar-refractivity contribution is 6.03. The number of aliphatic hydroxyl groups excluding tert-OH is 1. The summed E-state index contributed by atoms with van der Waals surface area (Å²) in [4.78, 5) is 33.1. The number of carbonyl (C=O) groups is 2. The first-order chi connectivity index (χ1) is 19.6. The van der Waals surface area contributed by atoms with Crippen LogP contribution in [-0.4, -0.2) is 96.0 Å². The Bertz CT molecular complexity index is 1380. The monoisotopic (exact) mass is 578 g/mol. The highest BCUT2D eigenvalue weighted by Crippen LogP contribution is 2.32. The van der Waals surface area contributed by atoms with E-state index in [0.29, 0.717) is 37.4 Å². The Morgan fingerprint density at radius 2 is 1.83 bits per heavy atom. The van der Waals surface area contributed by atoms with Gasteiger partial charge in [-0.15, -0.1) is 0 Å². The molecule has 0 aromatic carbocycles. The van der Waals surface area contributed by atoms with Gasteiger partial charge in [0.05, 0.1) is 23.6 Å². The van der Waals surface area contributed by atoms with Gasteiger partial charge in [0.1, 0.15) is 18.3 Å². The zero-order valence-corrected chi connectivity index (χ0v) is 22.2. The fraction of sp³-hybridized carbons (Fsp3) is 0.500. The molecule has 3 aromatic heterocycles. The van der Waals surface area contributed by atoms with Gasteiger partial charge in [-0.05, 0) is 31.9 Å². The Morgan fingerprint density at radius 1 is 1.10 bits per heavy atom. The molecule has 2 N–H and O–H groups in total. The van der Waals surface area contributed by atoms with Crippen molar-refractivity contribution in [3.05, 3.63) is 48.2 Å². The van der Waals surface area contributed by atoms with Crippen molar-refractivity contribution in [1.29, 1.82) is 0 Å². The fourth-order valence-corrected chi connectivity index (χ4v) is 5.16. The average Bonchev–Trinajstić information content (AvgIpc) is 3.55. The van der Waals surface area contributed by atoms with Crippen molar-refractivity contribution in [3.8, 4) is 11.3 Å². The van der Waals surface area contributed by atoms with Crippen LogP contribution in [0.3, 0.4) is 0 Å². The highest BCUT2D eigenvalue weighted by Gasteiger charge is 2.37. The molecule has 3 aromatic rings. The lowest BCUT2D eigenvalue weighted by Gasteiger charge is -2.47. The lowest BCUT2D eigenvalue weighted by molar-refractivity contribution is -0.141. The largest absolute Gasteiger partial charge is 0.384 e. The van der Waals surface area contributed by atoms with E-state index >= 15 is 0 Å². The van der Waals surface area contributed by atoms with Crippen molar-refractivity contribution in [2.45, 2.75) is 57.3 Å². The molecule has 2 aliphatic heterocycles. The van der Waals surface area contributed by atoms with Crippen molar-refractivity contribution in [2.75, 3.05) is 31.5 Å². The number of nitrogens with one attached hydrogen (secondary N) is 1. The van der Waals surface area contributed by atoms with E-state index < -0.39 is 37.1 Å². The number of rotatable bonds is 9. The second-order valence-corrected chi connectivity index (χ2v) is 10.3. The topological polar surface area (TPSA) is 121 Å². The van der Waals surface area contributed by atoms with E-state index in [1.807, 2.05) is 0 Å². The van der Waals surface area contributed by atoms with E-state index in [1.54, 1.807) is 17.0 Å². The van der Waals surface area contributed by atoms with Crippen molar-refractivity contribution >= 4 is 17.5 Å². The van der Waals surface area contributed by atoms with Gasteiger partial charge < -0.3 is 15.3 Å². The Morgan fingerprint density at radius 3 is 2.49 bits per heavy atom. The van der Waals surface area contributed by atoms with Crippen LogP contribution in [0.15, 0.2) is 36.8 Å². The predicted molar refractivity (Wildman–Crippen MR) is 138 cm³/mol. The molecule has 2 saturated heterocycles. The number of anilines is 1. The molecule has 220 valence electrons. The summed E-state index contributed by atoms with van der Waals surface area (Å²) in [6.45, 7) is 3.16. The maximum Gasteiger partial charge on any atom is 0.284 e. The summed E-state index contributed by atoms with van der Waals surface area (Å²) in [5.41, 5.74) is 0.0264. The van der Waals surface area contributed by atoms with E-state index in [1.165, 1.54) is 36.3 Å².